The van der Waals surface area contributed by atoms with E-state index < -0.39 is 11.2 Å². The van der Waals surface area contributed by atoms with Gasteiger partial charge in [-0.25, -0.2) is 4.79 Å². The second-order valence-electron chi connectivity index (χ2n) is 4.14. The summed E-state index contributed by atoms with van der Waals surface area (Å²) in [7, 11) is 1.25. The first-order valence-electron chi connectivity index (χ1n) is 4.47. The van der Waals surface area contributed by atoms with Gasteiger partial charge < -0.3 is 4.74 Å². The van der Waals surface area contributed by atoms with Crippen LogP contribution in [0.1, 0.15) is 13.8 Å². The fraction of sp³-hybridized carbons (Fsp3) is 0.600. The molecule has 0 radical (unpaired) electrons. The second-order valence-corrected chi connectivity index (χ2v) is 4.91. The van der Waals surface area contributed by atoms with E-state index in [2.05, 4.69) is 4.74 Å². The molecule has 0 saturated heterocycles. The lowest BCUT2D eigenvalue weighted by atomic mass is 10.1. The quantitative estimate of drug-likeness (QED) is 0.439. The zero-order chi connectivity index (χ0) is 11.8. The van der Waals surface area contributed by atoms with Gasteiger partial charge in [-0.2, -0.15) is 0 Å². The van der Waals surface area contributed by atoms with E-state index in [4.69, 9.17) is 23.2 Å². The maximum atomic E-state index is 11.0. The smallest absolute Gasteiger partial charge is 0.349 e. The van der Waals surface area contributed by atoms with Gasteiger partial charge in [-0.1, -0.05) is 31.5 Å². The molecule has 84 valence electrons. The van der Waals surface area contributed by atoms with Crippen molar-refractivity contribution in [1.29, 1.82) is 0 Å². The molecule has 0 aliphatic heterocycles. The number of allylic oxidation sites excluding steroid dienone is 1. The van der Waals surface area contributed by atoms with E-state index in [1.807, 2.05) is 13.8 Å². The van der Waals surface area contributed by atoms with E-state index in [1.165, 1.54) is 7.11 Å². The Morgan fingerprint density at radius 3 is 2.20 bits per heavy atom. The highest BCUT2D eigenvalue weighted by Gasteiger charge is 2.60. The lowest BCUT2D eigenvalue weighted by Crippen LogP contribution is -2.00. The normalized spacial score (nSPS) is 28.5. The third-order valence-corrected chi connectivity index (χ3v) is 3.38. The Balaban J connectivity index is 2.78. The summed E-state index contributed by atoms with van der Waals surface area (Å²) in [5.41, 5.74) is -0.229. The van der Waals surface area contributed by atoms with Crippen LogP contribution in [0, 0.1) is 17.3 Å². The van der Waals surface area contributed by atoms with E-state index in [0.29, 0.717) is 0 Å². The molecule has 1 aliphatic rings. The third-order valence-electron chi connectivity index (χ3n) is 2.86. The Morgan fingerprint density at radius 1 is 1.33 bits per heavy atom. The third kappa shape index (κ3) is 2.34. The summed E-state index contributed by atoms with van der Waals surface area (Å²) in [4.78, 5) is 22.1. The van der Waals surface area contributed by atoms with Crippen molar-refractivity contribution in [3.8, 4) is 0 Å². The van der Waals surface area contributed by atoms with Crippen molar-refractivity contribution in [1.82, 2.24) is 0 Å². The summed E-state index contributed by atoms with van der Waals surface area (Å²) >= 11 is 11.1. The first-order chi connectivity index (χ1) is 6.82. The van der Waals surface area contributed by atoms with Crippen LogP contribution in [-0.2, 0) is 14.3 Å². The zero-order valence-electron chi connectivity index (χ0n) is 8.71. The molecule has 3 nitrogen and oxygen atoms in total. The molecule has 2 atom stereocenters. The van der Waals surface area contributed by atoms with Crippen molar-refractivity contribution in [3.05, 3.63) is 11.1 Å². The molecule has 1 rings (SSSR count). The Hall–Kier alpha value is -0.540. The number of hydrogen-bond donors (Lipinski definition) is 0. The van der Waals surface area contributed by atoms with Crippen molar-refractivity contribution in [2.75, 3.05) is 7.11 Å². The van der Waals surface area contributed by atoms with Gasteiger partial charge in [0.1, 0.15) is 5.03 Å². The minimum atomic E-state index is -0.597. The Morgan fingerprint density at radius 2 is 1.87 bits per heavy atom. The topological polar surface area (TPSA) is 43.4 Å². The van der Waals surface area contributed by atoms with Gasteiger partial charge >= 0.3 is 5.97 Å². The van der Waals surface area contributed by atoms with Gasteiger partial charge in [0.2, 0.25) is 5.24 Å². The van der Waals surface area contributed by atoms with Crippen molar-refractivity contribution < 1.29 is 14.3 Å². The van der Waals surface area contributed by atoms with E-state index in [0.717, 1.165) is 0 Å². The van der Waals surface area contributed by atoms with Crippen molar-refractivity contribution in [3.63, 3.8) is 0 Å². The fourth-order valence-electron chi connectivity index (χ4n) is 1.75. The predicted octanol–water partition coefficient (Wildman–Crippen LogP) is 2.32. The summed E-state index contributed by atoms with van der Waals surface area (Å²) in [6.45, 7) is 3.81. The first-order valence-corrected chi connectivity index (χ1v) is 5.23. The zero-order valence-corrected chi connectivity index (χ0v) is 10.2. The number of ether oxygens (including phenoxy) is 1. The summed E-state index contributed by atoms with van der Waals surface area (Å²) in [5.74, 6) is -0.952. The van der Waals surface area contributed by atoms with Crippen molar-refractivity contribution in [2.24, 2.45) is 17.3 Å². The molecular weight excluding hydrogens is 239 g/mol. The molecule has 5 heteroatoms. The molecule has 2 unspecified atom stereocenters. The monoisotopic (exact) mass is 250 g/mol. The van der Waals surface area contributed by atoms with Crippen molar-refractivity contribution in [2.45, 2.75) is 13.8 Å². The van der Waals surface area contributed by atoms with Gasteiger partial charge in [0.15, 0.2) is 0 Å². The molecule has 1 saturated carbocycles. The molecule has 1 fully saturated rings. The molecule has 0 N–H and O–H groups in total. The highest BCUT2D eigenvalue weighted by atomic mass is 35.5. The minimum absolute atomic E-state index is 0.00371. The van der Waals surface area contributed by atoms with Gasteiger partial charge in [0, 0.05) is 5.92 Å². The Labute approximate surface area is 98.4 Å². The number of carbonyl (C=O) groups excluding carboxylic acids is 2. The number of halogens is 2. The summed E-state index contributed by atoms with van der Waals surface area (Å²) in [6.07, 6.45) is 1.54. The largest absolute Gasteiger partial charge is 0.465 e. The molecule has 0 aromatic carbocycles. The number of esters is 1. The molecular formula is C10H12Cl2O3. The van der Waals surface area contributed by atoms with Gasteiger partial charge in [0.05, 0.1) is 7.11 Å². The van der Waals surface area contributed by atoms with Crippen LogP contribution in [0.4, 0.5) is 0 Å². The molecule has 0 amide bonds. The summed E-state index contributed by atoms with van der Waals surface area (Å²) in [5, 5.41) is -0.397. The molecule has 0 heterocycles. The minimum Gasteiger partial charge on any atom is -0.465 e. The van der Waals surface area contributed by atoms with Gasteiger partial charge in [-0.15, -0.1) is 0 Å². The fourth-order valence-corrected chi connectivity index (χ4v) is 2.38. The molecule has 15 heavy (non-hydrogen) atoms. The van der Waals surface area contributed by atoms with E-state index in [1.54, 1.807) is 6.08 Å². The van der Waals surface area contributed by atoms with Crippen molar-refractivity contribution >= 4 is 34.4 Å². The number of methoxy groups -OCH3 is 1. The highest BCUT2D eigenvalue weighted by Crippen LogP contribution is 2.60. The predicted molar refractivity (Wildman–Crippen MR) is 57.6 cm³/mol. The number of carbonyl (C=O) groups is 2. The van der Waals surface area contributed by atoms with Crippen LogP contribution in [-0.4, -0.2) is 18.3 Å². The van der Waals surface area contributed by atoms with Crippen LogP contribution in [0.15, 0.2) is 11.1 Å². The van der Waals surface area contributed by atoms with Gasteiger partial charge in [0.25, 0.3) is 0 Å². The summed E-state index contributed by atoms with van der Waals surface area (Å²) < 4.78 is 4.45. The van der Waals surface area contributed by atoms with Gasteiger partial charge in [-0.3, -0.25) is 4.79 Å². The standard InChI is InChI=1S/C10H12Cl2O3/c1-10(2)5(7(10)8(12)13)4-6(11)9(14)15-3/h4-5,7H,1-3H3. The van der Waals surface area contributed by atoms with Crippen LogP contribution < -0.4 is 0 Å². The number of rotatable bonds is 3. The van der Waals surface area contributed by atoms with Crippen LogP contribution >= 0.6 is 23.2 Å². The molecule has 0 bridgehead atoms. The van der Waals surface area contributed by atoms with Crippen LogP contribution in [0.3, 0.4) is 0 Å². The number of hydrogen-bond acceptors (Lipinski definition) is 3. The average Bonchev–Trinajstić information content (AvgIpc) is 2.66. The SMILES string of the molecule is COC(=O)C(Cl)=CC1C(C(=O)Cl)C1(C)C. The molecule has 1 aliphatic carbocycles. The Bertz CT molecular complexity index is 334. The van der Waals surface area contributed by atoms with E-state index >= 15 is 0 Å². The summed E-state index contributed by atoms with van der Waals surface area (Å²) in [6, 6.07) is 0. The first kappa shape index (κ1) is 12.5. The van der Waals surface area contributed by atoms with E-state index in [-0.39, 0.29) is 22.3 Å². The second kappa shape index (κ2) is 4.14. The lowest BCUT2D eigenvalue weighted by molar-refractivity contribution is -0.135. The highest BCUT2D eigenvalue weighted by molar-refractivity contribution is 6.64. The maximum Gasteiger partial charge on any atom is 0.349 e. The van der Waals surface area contributed by atoms with Crippen LogP contribution in [0.25, 0.3) is 0 Å². The van der Waals surface area contributed by atoms with Crippen LogP contribution in [0.2, 0.25) is 0 Å². The van der Waals surface area contributed by atoms with Crippen LogP contribution in [0.5, 0.6) is 0 Å². The molecule has 0 aromatic rings. The lowest BCUT2D eigenvalue weighted by Gasteiger charge is -1.98. The average molecular weight is 251 g/mol. The van der Waals surface area contributed by atoms with Gasteiger partial charge in [-0.05, 0) is 22.9 Å². The molecule has 0 spiro atoms. The maximum absolute atomic E-state index is 11.0. The molecule has 0 aromatic heterocycles. The Kier molecular flexibility index (Phi) is 3.46. The van der Waals surface area contributed by atoms with E-state index in [9.17, 15) is 9.59 Å².